The van der Waals surface area contributed by atoms with Gasteiger partial charge in [0.15, 0.2) is 0 Å². The molecule has 90 valence electrons. The lowest BCUT2D eigenvalue weighted by molar-refractivity contribution is 0.0920. The molecule has 0 fully saturated rings. The lowest BCUT2D eigenvalue weighted by Gasteiger charge is -2.04. The van der Waals surface area contributed by atoms with E-state index in [1.165, 1.54) is 11.3 Å². The Morgan fingerprint density at radius 3 is 3.06 bits per heavy atom. The maximum absolute atomic E-state index is 11.7. The smallest absolute Gasteiger partial charge is 0.270 e. The normalized spacial score (nSPS) is 12.4. The molecule has 4 nitrogen and oxygen atoms in total. The number of carbonyl (C=O) groups is 1. The first-order valence-electron chi connectivity index (χ1n) is 5.12. The first-order valence-corrected chi connectivity index (χ1v) is 6.88. The van der Waals surface area contributed by atoms with Crippen LogP contribution >= 0.6 is 22.7 Å². The van der Waals surface area contributed by atoms with Crippen LogP contribution < -0.4 is 5.32 Å². The van der Waals surface area contributed by atoms with Gasteiger partial charge in [0.25, 0.3) is 5.91 Å². The van der Waals surface area contributed by atoms with Gasteiger partial charge in [-0.2, -0.15) is 0 Å². The molecule has 0 aliphatic rings. The fourth-order valence-electron chi connectivity index (χ4n) is 1.22. The Bertz CT molecular complexity index is 491. The van der Waals surface area contributed by atoms with Gasteiger partial charge in [-0.05, 0) is 18.4 Å². The summed E-state index contributed by atoms with van der Waals surface area (Å²) in [6.45, 7) is 1.86. The van der Waals surface area contributed by atoms with Gasteiger partial charge < -0.3 is 10.4 Å². The summed E-state index contributed by atoms with van der Waals surface area (Å²) < 4.78 is 0. The Labute approximate surface area is 107 Å². The molecule has 2 heterocycles. The van der Waals surface area contributed by atoms with Crippen molar-refractivity contribution in [2.75, 3.05) is 6.54 Å². The molecule has 6 heteroatoms. The number of rotatable bonds is 4. The van der Waals surface area contributed by atoms with Gasteiger partial charge in [-0.1, -0.05) is 6.07 Å². The Balaban J connectivity index is 2.05. The lowest BCUT2D eigenvalue weighted by atomic mass is 10.4. The van der Waals surface area contributed by atoms with Crippen LogP contribution in [0.2, 0.25) is 0 Å². The van der Waals surface area contributed by atoms with E-state index in [9.17, 15) is 4.79 Å². The molecule has 0 aliphatic heterocycles. The number of thiophene rings is 1. The molecule has 2 N–H and O–H groups in total. The number of nitrogens with zero attached hydrogens (tertiary/aromatic N) is 1. The summed E-state index contributed by atoms with van der Waals surface area (Å²) in [4.78, 5) is 17.0. The number of hydrogen-bond acceptors (Lipinski definition) is 5. The first-order chi connectivity index (χ1) is 8.16. The van der Waals surface area contributed by atoms with E-state index in [4.69, 9.17) is 5.11 Å². The van der Waals surface area contributed by atoms with Gasteiger partial charge in [-0.25, -0.2) is 4.98 Å². The average molecular weight is 268 g/mol. The predicted molar refractivity (Wildman–Crippen MR) is 69.4 cm³/mol. The third kappa shape index (κ3) is 3.12. The predicted octanol–water partition coefficient (Wildman–Crippen LogP) is 1.98. The molecule has 1 amide bonds. The van der Waals surface area contributed by atoms with Crippen LogP contribution in [0.1, 0.15) is 17.4 Å². The zero-order valence-electron chi connectivity index (χ0n) is 9.21. The van der Waals surface area contributed by atoms with Crippen molar-refractivity contribution in [3.05, 3.63) is 28.6 Å². The highest BCUT2D eigenvalue weighted by Crippen LogP contribution is 2.27. The lowest BCUT2D eigenvalue weighted by Crippen LogP contribution is -2.30. The molecule has 17 heavy (non-hydrogen) atoms. The maximum atomic E-state index is 11.7. The van der Waals surface area contributed by atoms with Gasteiger partial charge >= 0.3 is 0 Å². The van der Waals surface area contributed by atoms with Gasteiger partial charge in [0.05, 0.1) is 11.0 Å². The van der Waals surface area contributed by atoms with Crippen LogP contribution in [-0.2, 0) is 0 Å². The molecular weight excluding hydrogens is 256 g/mol. The second kappa shape index (κ2) is 5.39. The third-order valence-corrected chi connectivity index (χ3v) is 3.91. The van der Waals surface area contributed by atoms with Crippen LogP contribution in [0.4, 0.5) is 0 Å². The number of aliphatic hydroxyl groups excluding tert-OH is 1. The fraction of sp³-hybridized carbons (Fsp3) is 0.273. The Kier molecular flexibility index (Phi) is 3.88. The van der Waals surface area contributed by atoms with Crippen LogP contribution in [0.3, 0.4) is 0 Å². The van der Waals surface area contributed by atoms with Crippen molar-refractivity contribution >= 4 is 28.6 Å². The summed E-state index contributed by atoms with van der Waals surface area (Å²) >= 11 is 3.04. The van der Waals surface area contributed by atoms with E-state index in [1.807, 2.05) is 17.5 Å². The topological polar surface area (TPSA) is 62.2 Å². The largest absolute Gasteiger partial charge is 0.392 e. The molecule has 2 rings (SSSR count). The SMILES string of the molecule is CC(O)CNC(=O)c1csc(-c2cccs2)n1. The maximum Gasteiger partial charge on any atom is 0.270 e. The minimum atomic E-state index is -0.547. The summed E-state index contributed by atoms with van der Waals surface area (Å²) in [5, 5.41) is 16.2. The van der Waals surface area contributed by atoms with Gasteiger partial charge in [0.2, 0.25) is 0 Å². The van der Waals surface area contributed by atoms with Crippen molar-refractivity contribution < 1.29 is 9.90 Å². The number of hydrogen-bond donors (Lipinski definition) is 2. The van der Waals surface area contributed by atoms with Crippen LogP contribution in [0.25, 0.3) is 9.88 Å². The summed E-state index contributed by atoms with van der Waals surface area (Å²) in [7, 11) is 0. The Hall–Kier alpha value is -1.24. The minimum absolute atomic E-state index is 0.241. The summed E-state index contributed by atoms with van der Waals surface area (Å²) in [6, 6.07) is 3.93. The van der Waals surface area contributed by atoms with Crippen molar-refractivity contribution in [2.45, 2.75) is 13.0 Å². The molecule has 1 unspecified atom stereocenters. The molecular formula is C11H12N2O2S2. The highest BCUT2D eigenvalue weighted by Gasteiger charge is 2.12. The zero-order valence-corrected chi connectivity index (χ0v) is 10.8. The van der Waals surface area contributed by atoms with E-state index in [2.05, 4.69) is 10.3 Å². The van der Waals surface area contributed by atoms with Crippen LogP contribution in [0.5, 0.6) is 0 Å². The zero-order chi connectivity index (χ0) is 12.3. The van der Waals surface area contributed by atoms with E-state index >= 15 is 0 Å². The number of aromatic nitrogens is 1. The summed E-state index contributed by atoms with van der Waals surface area (Å²) in [5.74, 6) is -0.245. The van der Waals surface area contributed by atoms with E-state index in [1.54, 1.807) is 23.6 Å². The van der Waals surface area contributed by atoms with Crippen molar-refractivity contribution in [2.24, 2.45) is 0 Å². The standard InChI is InChI=1S/C11H12N2O2S2/c1-7(14)5-12-10(15)8-6-17-11(13-8)9-3-2-4-16-9/h2-4,6-7,14H,5H2,1H3,(H,12,15). The first kappa shape index (κ1) is 12.2. The molecule has 0 saturated heterocycles. The van der Waals surface area contributed by atoms with Gasteiger partial charge in [-0.15, -0.1) is 22.7 Å². The fourth-order valence-corrected chi connectivity index (χ4v) is 2.84. The molecule has 2 aromatic rings. The van der Waals surface area contributed by atoms with E-state index in [-0.39, 0.29) is 12.5 Å². The molecule has 0 bridgehead atoms. The number of amides is 1. The summed E-state index contributed by atoms with van der Waals surface area (Å²) in [6.07, 6.45) is -0.547. The molecule has 0 aromatic carbocycles. The van der Waals surface area contributed by atoms with Crippen LogP contribution in [0, 0.1) is 0 Å². The number of aliphatic hydroxyl groups is 1. The van der Waals surface area contributed by atoms with Gasteiger partial charge in [0, 0.05) is 11.9 Å². The number of thiazole rings is 1. The highest BCUT2D eigenvalue weighted by atomic mass is 32.1. The average Bonchev–Trinajstić information content (AvgIpc) is 2.94. The Morgan fingerprint density at radius 1 is 1.59 bits per heavy atom. The van der Waals surface area contributed by atoms with Crippen molar-refractivity contribution in [1.29, 1.82) is 0 Å². The molecule has 1 atom stereocenters. The molecule has 0 radical (unpaired) electrons. The second-order valence-corrected chi connectivity index (χ2v) is 5.38. The molecule has 0 spiro atoms. The second-order valence-electron chi connectivity index (χ2n) is 3.57. The molecule has 0 saturated carbocycles. The third-order valence-electron chi connectivity index (χ3n) is 2.03. The monoisotopic (exact) mass is 268 g/mol. The Morgan fingerprint density at radius 2 is 2.41 bits per heavy atom. The van der Waals surface area contributed by atoms with Crippen LogP contribution in [0.15, 0.2) is 22.9 Å². The number of nitrogens with one attached hydrogen (secondary N) is 1. The van der Waals surface area contributed by atoms with E-state index in [0.717, 1.165) is 9.88 Å². The van der Waals surface area contributed by atoms with Crippen molar-refractivity contribution in [3.63, 3.8) is 0 Å². The van der Waals surface area contributed by atoms with Crippen molar-refractivity contribution in [1.82, 2.24) is 10.3 Å². The molecule has 0 aliphatic carbocycles. The van der Waals surface area contributed by atoms with Gasteiger partial charge in [0.1, 0.15) is 10.7 Å². The minimum Gasteiger partial charge on any atom is -0.392 e. The highest BCUT2D eigenvalue weighted by molar-refractivity contribution is 7.20. The van der Waals surface area contributed by atoms with Crippen molar-refractivity contribution in [3.8, 4) is 9.88 Å². The van der Waals surface area contributed by atoms with E-state index in [0.29, 0.717) is 5.69 Å². The van der Waals surface area contributed by atoms with Gasteiger partial charge in [-0.3, -0.25) is 4.79 Å². The molecule has 2 aromatic heterocycles. The van der Waals surface area contributed by atoms with Crippen LogP contribution in [-0.4, -0.2) is 28.6 Å². The quantitative estimate of drug-likeness (QED) is 0.891. The number of carbonyl (C=O) groups excluding carboxylic acids is 1. The van der Waals surface area contributed by atoms with E-state index < -0.39 is 6.10 Å². The summed E-state index contributed by atoms with van der Waals surface area (Å²) in [5.41, 5.74) is 0.402.